The molecule has 0 atom stereocenters. The molecule has 1 aromatic heterocycles. The van der Waals surface area contributed by atoms with Crippen molar-refractivity contribution in [2.24, 2.45) is 0 Å². The van der Waals surface area contributed by atoms with Crippen molar-refractivity contribution in [3.63, 3.8) is 0 Å². The van der Waals surface area contributed by atoms with Gasteiger partial charge in [0.2, 0.25) is 0 Å². The van der Waals surface area contributed by atoms with Crippen LogP contribution in [0.1, 0.15) is 24.6 Å². The summed E-state index contributed by atoms with van der Waals surface area (Å²) in [4.78, 5) is 6.28. The van der Waals surface area contributed by atoms with E-state index < -0.39 is 0 Å². The third-order valence-corrected chi connectivity index (χ3v) is 2.60. The van der Waals surface area contributed by atoms with Crippen molar-refractivity contribution in [3.8, 4) is 0 Å². The zero-order valence-corrected chi connectivity index (χ0v) is 8.56. The normalized spacial score (nSPS) is 16.5. The fourth-order valence-corrected chi connectivity index (χ4v) is 1.66. The molecule has 1 N–H and O–H groups in total. The van der Waals surface area contributed by atoms with Gasteiger partial charge in [-0.05, 0) is 19.9 Å². The quantitative estimate of drug-likeness (QED) is 0.749. The Kier molecular flexibility index (Phi) is 2.84. The summed E-state index contributed by atoms with van der Waals surface area (Å²) < 4.78 is 2.26. The lowest BCUT2D eigenvalue weighted by atomic mass is 10.4. The maximum atomic E-state index is 8.79. The second-order valence-corrected chi connectivity index (χ2v) is 3.98. The zero-order chi connectivity index (χ0) is 9.97. The number of likely N-dealkylation sites (N-methyl/N-ethyl adjacent to an activating group) is 1. The smallest absolute Gasteiger partial charge is 0.0951 e. The van der Waals surface area contributed by atoms with Gasteiger partial charge < -0.3 is 9.67 Å². The maximum Gasteiger partial charge on any atom is 0.0951 e. The molecule has 0 saturated heterocycles. The number of nitrogens with zero attached hydrogens (tertiary/aromatic N) is 3. The van der Waals surface area contributed by atoms with Crippen molar-refractivity contribution in [3.05, 3.63) is 18.2 Å². The fourth-order valence-electron chi connectivity index (χ4n) is 1.66. The lowest BCUT2D eigenvalue weighted by Crippen LogP contribution is -2.22. The Bertz CT molecular complexity index is 293. The van der Waals surface area contributed by atoms with Crippen molar-refractivity contribution in [1.29, 1.82) is 0 Å². The summed E-state index contributed by atoms with van der Waals surface area (Å²) in [6, 6.07) is 0.690. The van der Waals surface area contributed by atoms with Crippen LogP contribution >= 0.6 is 0 Å². The number of hydrogen-bond acceptors (Lipinski definition) is 3. The van der Waals surface area contributed by atoms with Gasteiger partial charge in [-0.25, -0.2) is 4.98 Å². The molecule has 0 bridgehead atoms. The molecule has 0 unspecified atom stereocenters. The predicted octanol–water partition coefficient (Wildman–Crippen LogP) is 0.642. The molecule has 4 nitrogen and oxygen atoms in total. The monoisotopic (exact) mass is 195 g/mol. The van der Waals surface area contributed by atoms with Gasteiger partial charge in [-0.1, -0.05) is 0 Å². The molecule has 1 aliphatic carbocycles. The molecule has 1 aliphatic rings. The van der Waals surface area contributed by atoms with Crippen LogP contribution in [0.15, 0.2) is 12.5 Å². The van der Waals surface area contributed by atoms with Crippen molar-refractivity contribution in [2.45, 2.75) is 25.4 Å². The number of hydrogen-bond donors (Lipinski definition) is 1. The van der Waals surface area contributed by atoms with Crippen LogP contribution in [-0.2, 0) is 6.54 Å². The van der Waals surface area contributed by atoms with E-state index in [-0.39, 0.29) is 6.61 Å². The number of aliphatic hydroxyl groups is 1. The van der Waals surface area contributed by atoms with Gasteiger partial charge in [0.15, 0.2) is 0 Å². The molecule has 2 rings (SSSR count). The number of rotatable bonds is 5. The summed E-state index contributed by atoms with van der Waals surface area (Å²) in [7, 11) is 2.01. The second-order valence-electron chi connectivity index (χ2n) is 3.98. The average molecular weight is 195 g/mol. The molecule has 0 aliphatic heterocycles. The zero-order valence-electron chi connectivity index (χ0n) is 8.56. The van der Waals surface area contributed by atoms with E-state index in [4.69, 9.17) is 5.11 Å². The Morgan fingerprint density at radius 1 is 1.64 bits per heavy atom. The van der Waals surface area contributed by atoms with Crippen LogP contribution in [-0.4, -0.2) is 39.8 Å². The van der Waals surface area contributed by atoms with E-state index in [0.717, 1.165) is 13.1 Å². The first-order valence-electron chi connectivity index (χ1n) is 5.11. The summed E-state index contributed by atoms with van der Waals surface area (Å²) >= 11 is 0. The van der Waals surface area contributed by atoms with Crippen LogP contribution in [0, 0.1) is 0 Å². The van der Waals surface area contributed by atoms with Gasteiger partial charge in [0.1, 0.15) is 0 Å². The molecular weight excluding hydrogens is 178 g/mol. The molecule has 1 aromatic rings. The SMILES string of the molecule is CN(CCO)Cc1cncn1C1CC1. The summed E-state index contributed by atoms with van der Waals surface area (Å²) in [6.07, 6.45) is 6.41. The highest BCUT2D eigenvalue weighted by atomic mass is 16.3. The van der Waals surface area contributed by atoms with E-state index in [1.807, 2.05) is 19.6 Å². The summed E-state index contributed by atoms with van der Waals surface area (Å²) in [5, 5.41) is 8.79. The van der Waals surface area contributed by atoms with E-state index in [0.29, 0.717) is 6.04 Å². The van der Waals surface area contributed by atoms with E-state index >= 15 is 0 Å². The van der Waals surface area contributed by atoms with Gasteiger partial charge in [-0.15, -0.1) is 0 Å². The van der Waals surface area contributed by atoms with Crippen LogP contribution in [0.25, 0.3) is 0 Å². The molecular formula is C10H17N3O. The minimum absolute atomic E-state index is 0.216. The molecule has 1 heterocycles. The van der Waals surface area contributed by atoms with Crippen LogP contribution in [0.4, 0.5) is 0 Å². The third kappa shape index (κ3) is 2.13. The lowest BCUT2D eigenvalue weighted by molar-refractivity contribution is 0.214. The topological polar surface area (TPSA) is 41.3 Å². The van der Waals surface area contributed by atoms with Crippen molar-refractivity contribution in [1.82, 2.24) is 14.5 Å². The molecule has 14 heavy (non-hydrogen) atoms. The van der Waals surface area contributed by atoms with E-state index in [2.05, 4.69) is 14.5 Å². The minimum atomic E-state index is 0.216. The summed E-state index contributed by atoms with van der Waals surface area (Å²) in [5.74, 6) is 0. The predicted molar refractivity (Wildman–Crippen MR) is 53.9 cm³/mol. The molecule has 0 spiro atoms. The molecule has 0 amide bonds. The van der Waals surface area contributed by atoms with Crippen molar-refractivity contribution < 1.29 is 5.11 Å². The third-order valence-electron chi connectivity index (χ3n) is 2.60. The van der Waals surface area contributed by atoms with Gasteiger partial charge in [-0.2, -0.15) is 0 Å². The highest BCUT2D eigenvalue weighted by molar-refractivity contribution is 5.03. The van der Waals surface area contributed by atoms with Crippen molar-refractivity contribution >= 4 is 0 Å². The van der Waals surface area contributed by atoms with Crippen molar-refractivity contribution in [2.75, 3.05) is 20.2 Å². The Morgan fingerprint density at radius 3 is 3.07 bits per heavy atom. The van der Waals surface area contributed by atoms with Crippen LogP contribution in [0.2, 0.25) is 0 Å². The van der Waals surface area contributed by atoms with Crippen LogP contribution in [0.3, 0.4) is 0 Å². The lowest BCUT2D eigenvalue weighted by Gasteiger charge is -2.15. The van der Waals surface area contributed by atoms with Gasteiger partial charge in [-0.3, -0.25) is 4.90 Å². The first-order chi connectivity index (χ1) is 6.81. The average Bonchev–Trinajstić information content (AvgIpc) is 2.89. The molecule has 78 valence electrons. The Labute approximate surface area is 84.2 Å². The van der Waals surface area contributed by atoms with E-state index in [1.165, 1.54) is 18.5 Å². The maximum absolute atomic E-state index is 8.79. The Hall–Kier alpha value is -0.870. The summed E-state index contributed by atoms with van der Waals surface area (Å²) in [5.41, 5.74) is 1.25. The first kappa shape index (κ1) is 9.68. The molecule has 1 fully saturated rings. The highest BCUT2D eigenvalue weighted by Gasteiger charge is 2.25. The summed E-state index contributed by atoms with van der Waals surface area (Å²) in [6.45, 7) is 1.81. The van der Waals surface area contributed by atoms with E-state index in [1.54, 1.807) is 0 Å². The van der Waals surface area contributed by atoms with Gasteiger partial charge in [0.25, 0.3) is 0 Å². The Balaban J connectivity index is 1.97. The molecule has 0 aromatic carbocycles. The standard InChI is InChI=1S/C10H17N3O/c1-12(4-5-14)7-10-6-11-8-13(10)9-2-3-9/h6,8-9,14H,2-5,7H2,1H3. The molecule has 4 heteroatoms. The van der Waals surface area contributed by atoms with E-state index in [9.17, 15) is 0 Å². The van der Waals surface area contributed by atoms with Crippen LogP contribution in [0.5, 0.6) is 0 Å². The first-order valence-corrected chi connectivity index (χ1v) is 5.11. The molecule has 1 saturated carbocycles. The minimum Gasteiger partial charge on any atom is -0.395 e. The number of aromatic nitrogens is 2. The van der Waals surface area contributed by atoms with Gasteiger partial charge in [0.05, 0.1) is 18.6 Å². The molecule has 0 radical (unpaired) electrons. The highest BCUT2D eigenvalue weighted by Crippen LogP contribution is 2.35. The van der Waals surface area contributed by atoms with Crippen LogP contribution < -0.4 is 0 Å². The van der Waals surface area contributed by atoms with Gasteiger partial charge >= 0.3 is 0 Å². The van der Waals surface area contributed by atoms with Gasteiger partial charge in [0, 0.05) is 25.3 Å². The largest absolute Gasteiger partial charge is 0.395 e. The Morgan fingerprint density at radius 2 is 2.43 bits per heavy atom. The second kappa shape index (κ2) is 4.11. The fraction of sp³-hybridized carbons (Fsp3) is 0.700. The number of aliphatic hydroxyl groups excluding tert-OH is 1. The number of imidazole rings is 1.